The average molecular weight is 182 g/mol. The smallest absolute Gasteiger partial charge is 0.307 e. The third-order valence-corrected chi connectivity index (χ3v) is 3.06. The zero-order valence-corrected chi connectivity index (χ0v) is 8.42. The van der Waals surface area contributed by atoms with Crippen LogP contribution >= 0.6 is 0 Å². The summed E-state index contributed by atoms with van der Waals surface area (Å²) in [5, 5.41) is 9.03. The molecule has 74 valence electrons. The minimum absolute atomic E-state index is 0.193. The molecule has 3 atom stereocenters. The molecule has 1 saturated carbocycles. The summed E-state index contributed by atoms with van der Waals surface area (Å²) in [5.74, 6) is -0.0915. The third kappa shape index (κ3) is 2.33. The largest absolute Gasteiger partial charge is 0.481 e. The monoisotopic (exact) mass is 182 g/mol. The van der Waals surface area contributed by atoms with Gasteiger partial charge in [0.1, 0.15) is 0 Å². The van der Waals surface area contributed by atoms with E-state index in [0.29, 0.717) is 5.92 Å². The van der Waals surface area contributed by atoms with Crippen LogP contribution < -0.4 is 0 Å². The van der Waals surface area contributed by atoms with Crippen LogP contribution in [0.4, 0.5) is 0 Å². The van der Waals surface area contributed by atoms with E-state index in [9.17, 15) is 4.79 Å². The maximum absolute atomic E-state index is 11.0. The van der Waals surface area contributed by atoms with Gasteiger partial charge in [-0.1, -0.05) is 25.5 Å². The van der Waals surface area contributed by atoms with Crippen LogP contribution in [0.5, 0.6) is 0 Å². The molecular formula is C11H18O2. The second kappa shape index (κ2) is 3.95. The third-order valence-electron chi connectivity index (χ3n) is 3.06. The first-order valence-electron chi connectivity index (χ1n) is 4.90. The second-order valence-electron chi connectivity index (χ2n) is 4.32. The molecule has 1 fully saturated rings. The molecule has 0 aromatic carbocycles. The summed E-state index contributed by atoms with van der Waals surface area (Å²) < 4.78 is 0. The maximum Gasteiger partial charge on any atom is 0.307 e. The summed E-state index contributed by atoms with van der Waals surface area (Å²) in [6, 6.07) is 0. The first kappa shape index (κ1) is 10.3. The quantitative estimate of drug-likeness (QED) is 0.667. The topological polar surface area (TPSA) is 37.3 Å². The van der Waals surface area contributed by atoms with E-state index in [1.807, 2.05) is 6.92 Å². The molecule has 0 bridgehead atoms. The van der Waals surface area contributed by atoms with Crippen molar-refractivity contribution in [1.29, 1.82) is 0 Å². The molecule has 0 amide bonds. The number of carboxylic acids is 1. The van der Waals surface area contributed by atoms with Crippen LogP contribution in [0.15, 0.2) is 12.2 Å². The fraction of sp³-hybridized carbons (Fsp3) is 0.727. The Morgan fingerprint density at radius 2 is 2.00 bits per heavy atom. The van der Waals surface area contributed by atoms with Gasteiger partial charge in [0.05, 0.1) is 5.92 Å². The summed E-state index contributed by atoms with van der Waals surface area (Å²) in [7, 11) is 0. The highest BCUT2D eigenvalue weighted by Gasteiger charge is 2.33. The van der Waals surface area contributed by atoms with Crippen LogP contribution in [0.2, 0.25) is 0 Å². The molecule has 1 aliphatic rings. The van der Waals surface area contributed by atoms with E-state index in [4.69, 9.17) is 5.11 Å². The lowest BCUT2D eigenvalue weighted by atomic mass is 9.72. The van der Waals surface area contributed by atoms with Gasteiger partial charge in [-0.15, -0.1) is 0 Å². The summed E-state index contributed by atoms with van der Waals surface area (Å²) in [6.07, 6.45) is 2.95. The van der Waals surface area contributed by atoms with Gasteiger partial charge >= 0.3 is 5.97 Å². The Balaban J connectivity index is 2.72. The zero-order valence-electron chi connectivity index (χ0n) is 8.42. The Kier molecular flexibility index (Phi) is 3.12. The van der Waals surface area contributed by atoms with Crippen LogP contribution in [0.25, 0.3) is 0 Å². The first-order valence-corrected chi connectivity index (χ1v) is 4.90. The molecule has 3 unspecified atom stereocenters. The van der Waals surface area contributed by atoms with Crippen LogP contribution in [-0.4, -0.2) is 11.1 Å². The lowest BCUT2D eigenvalue weighted by Crippen LogP contribution is -2.30. The van der Waals surface area contributed by atoms with Crippen molar-refractivity contribution in [2.75, 3.05) is 0 Å². The number of carbonyl (C=O) groups is 1. The predicted molar refractivity (Wildman–Crippen MR) is 52.4 cm³/mol. The van der Waals surface area contributed by atoms with E-state index in [1.54, 1.807) is 0 Å². The summed E-state index contributed by atoms with van der Waals surface area (Å²) in [6.45, 7) is 7.94. The molecule has 1 rings (SSSR count). The standard InChI is InChI=1S/C11H18O2/c1-7(2)9-5-4-8(3)6-10(9)11(12)13/h8-10H,1,4-6H2,2-3H3,(H,12,13). The molecule has 0 radical (unpaired) electrons. The predicted octanol–water partition coefficient (Wildman–Crippen LogP) is 2.70. The van der Waals surface area contributed by atoms with Gasteiger partial charge in [-0.2, -0.15) is 0 Å². The van der Waals surface area contributed by atoms with Gasteiger partial charge in [-0.25, -0.2) is 0 Å². The van der Waals surface area contributed by atoms with Crippen molar-refractivity contribution in [1.82, 2.24) is 0 Å². The second-order valence-corrected chi connectivity index (χ2v) is 4.32. The summed E-state index contributed by atoms with van der Waals surface area (Å²) in [5.41, 5.74) is 1.03. The van der Waals surface area contributed by atoms with Gasteiger partial charge in [0.15, 0.2) is 0 Å². The van der Waals surface area contributed by atoms with Gasteiger partial charge in [-0.3, -0.25) is 4.79 Å². The fourth-order valence-electron chi connectivity index (χ4n) is 2.24. The number of hydrogen-bond donors (Lipinski definition) is 1. The van der Waals surface area contributed by atoms with Gasteiger partial charge in [0.2, 0.25) is 0 Å². The Bertz CT molecular complexity index is 220. The Labute approximate surface area is 79.6 Å². The normalized spacial score (nSPS) is 34.2. The highest BCUT2D eigenvalue weighted by atomic mass is 16.4. The van der Waals surface area contributed by atoms with E-state index < -0.39 is 5.97 Å². The summed E-state index contributed by atoms with van der Waals surface area (Å²) >= 11 is 0. The van der Waals surface area contributed by atoms with Crippen LogP contribution in [0.1, 0.15) is 33.1 Å². The molecule has 1 aliphatic carbocycles. The fourth-order valence-corrected chi connectivity index (χ4v) is 2.24. The van der Waals surface area contributed by atoms with Crippen molar-refractivity contribution in [3.8, 4) is 0 Å². The minimum Gasteiger partial charge on any atom is -0.481 e. The van der Waals surface area contributed by atoms with Crippen molar-refractivity contribution >= 4 is 5.97 Å². The van der Waals surface area contributed by atoms with E-state index in [0.717, 1.165) is 24.8 Å². The van der Waals surface area contributed by atoms with Crippen molar-refractivity contribution in [2.24, 2.45) is 17.8 Å². The van der Waals surface area contributed by atoms with Crippen LogP contribution in [-0.2, 0) is 4.79 Å². The molecule has 2 heteroatoms. The van der Waals surface area contributed by atoms with Gasteiger partial charge in [-0.05, 0) is 31.6 Å². The molecule has 0 saturated heterocycles. The van der Waals surface area contributed by atoms with Crippen molar-refractivity contribution in [3.63, 3.8) is 0 Å². The van der Waals surface area contributed by atoms with Crippen molar-refractivity contribution < 1.29 is 9.90 Å². The number of aliphatic carboxylic acids is 1. The number of rotatable bonds is 2. The van der Waals surface area contributed by atoms with Crippen molar-refractivity contribution in [2.45, 2.75) is 33.1 Å². The van der Waals surface area contributed by atoms with Crippen LogP contribution in [0, 0.1) is 17.8 Å². The van der Waals surface area contributed by atoms with Crippen molar-refractivity contribution in [3.05, 3.63) is 12.2 Å². The number of allylic oxidation sites excluding steroid dienone is 1. The molecule has 2 nitrogen and oxygen atoms in total. The van der Waals surface area contributed by atoms with E-state index in [-0.39, 0.29) is 11.8 Å². The van der Waals surface area contributed by atoms with Gasteiger partial charge < -0.3 is 5.11 Å². The lowest BCUT2D eigenvalue weighted by Gasteiger charge is -2.32. The Hall–Kier alpha value is -0.790. The van der Waals surface area contributed by atoms with E-state index >= 15 is 0 Å². The van der Waals surface area contributed by atoms with E-state index in [1.165, 1.54) is 0 Å². The Morgan fingerprint density at radius 3 is 2.46 bits per heavy atom. The highest BCUT2D eigenvalue weighted by Crippen LogP contribution is 2.37. The zero-order chi connectivity index (χ0) is 10.0. The SMILES string of the molecule is C=C(C)C1CCC(C)CC1C(=O)O. The summed E-state index contributed by atoms with van der Waals surface area (Å²) in [4.78, 5) is 11.0. The van der Waals surface area contributed by atoms with Gasteiger partial charge in [0.25, 0.3) is 0 Å². The van der Waals surface area contributed by atoms with Crippen LogP contribution in [0.3, 0.4) is 0 Å². The molecular weight excluding hydrogens is 164 g/mol. The highest BCUT2D eigenvalue weighted by molar-refractivity contribution is 5.71. The van der Waals surface area contributed by atoms with E-state index in [2.05, 4.69) is 13.5 Å². The van der Waals surface area contributed by atoms with Gasteiger partial charge in [0, 0.05) is 0 Å². The molecule has 0 aromatic heterocycles. The average Bonchev–Trinajstić information content (AvgIpc) is 2.03. The molecule has 13 heavy (non-hydrogen) atoms. The number of hydrogen-bond acceptors (Lipinski definition) is 1. The maximum atomic E-state index is 11.0. The molecule has 0 aliphatic heterocycles. The minimum atomic E-state index is -0.653. The lowest BCUT2D eigenvalue weighted by molar-refractivity contribution is -0.144. The number of carboxylic acid groups (broad SMARTS) is 1. The molecule has 0 spiro atoms. The molecule has 1 N–H and O–H groups in total. The first-order chi connectivity index (χ1) is 6.02. The molecule has 0 aromatic rings. The molecule has 0 heterocycles. The Morgan fingerprint density at radius 1 is 1.38 bits per heavy atom.